The summed E-state index contributed by atoms with van der Waals surface area (Å²) in [5, 5.41) is 11.0. The van der Waals surface area contributed by atoms with E-state index >= 15 is 0 Å². The molecule has 8 heteroatoms. The van der Waals surface area contributed by atoms with E-state index in [2.05, 4.69) is 4.99 Å². The monoisotopic (exact) mass is 403 g/mol. The lowest BCUT2D eigenvalue weighted by atomic mass is 10.2. The third-order valence-electron chi connectivity index (χ3n) is 3.94. The third-order valence-corrected chi connectivity index (χ3v) is 5.32. The van der Waals surface area contributed by atoms with Crippen molar-refractivity contribution in [3.63, 3.8) is 0 Å². The second kappa shape index (κ2) is 7.54. The van der Waals surface area contributed by atoms with E-state index in [1.54, 1.807) is 12.1 Å². The van der Waals surface area contributed by atoms with E-state index in [1.165, 1.54) is 11.8 Å². The standard InChI is InChI=1S/C19H14ClNO5S/c20-13-7-16-15(25-10-26-16)6-11(13)9-27-18(17-14(22)8-24-19(17)23)21-12-4-2-1-3-5-12/h1-7,22H,8-10H2. The fraction of sp³-hybridized carbons (Fsp3) is 0.158. The maximum Gasteiger partial charge on any atom is 0.344 e. The van der Waals surface area contributed by atoms with E-state index in [0.717, 1.165) is 5.56 Å². The summed E-state index contributed by atoms with van der Waals surface area (Å²) >= 11 is 7.61. The number of benzene rings is 2. The second-order valence-electron chi connectivity index (χ2n) is 5.74. The van der Waals surface area contributed by atoms with Crippen LogP contribution in [0.5, 0.6) is 11.5 Å². The number of esters is 1. The number of carbonyl (C=O) groups excluding carboxylic acids is 1. The Morgan fingerprint density at radius 2 is 1.89 bits per heavy atom. The average molecular weight is 404 g/mol. The fourth-order valence-corrected chi connectivity index (χ4v) is 3.95. The zero-order valence-corrected chi connectivity index (χ0v) is 15.5. The molecule has 2 aromatic rings. The summed E-state index contributed by atoms with van der Waals surface area (Å²) < 4.78 is 15.6. The predicted molar refractivity (Wildman–Crippen MR) is 103 cm³/mol. The maximum atomic E-state index is 12.1. The average Bonchev–Trinajstić information content (AvgIpc) is 3.25. The molecule has 138 valence electrons. The SMILES string of the molecule is O=C1OCC(O)=C1C(=Nc1ccccc1)SCc1cc2c(cc1Cl)OCO2. The molecule has 0 saturated carbocycles. The molecule has 0 atom stereocenters. The molecule has 0 saturated heterocycles. The van der Waals surface area contributed by atoms with Gasteiger partial charge in [-0.1, -0.05) is 29.8 Å². The van der Waals surface area contributed by atoms with Gasteiger partial charge in [0.15, 0.2) is 11.5 Å². The van der Waals surface area contributed by atoms with E-state index in [0.29, 0.717) is 33.0 Å². The van der Waals surface area contributed by atoms with Gasteiger partial charge in [-0.2, -0.15) is 0 Å². The molecule has 0 fully saturated rings. The van der Waals surface area contributed by atoms with E-state index in [1.807, 2.05) is 30.3 Å². The molecule has 0 aliphatic carbocycles. The van der Waals surface area contributed by atoms with Crippen LogP contribution in [0.25, 0.3) is 0 Å². The molecular weight excluding hydrogens is 390 g/mol. The van der Waals surface area contributed by atoms with Crippen LogP contribution in [-0.4, -0.2) is 29.5 Å². The zero-order valence-electron chi connectivity index (χ0n) is 14.0. The van der Waals surface area contributed by atoms with Crippen molar-refractivity contribution in [1.82, 2.24) is 0 Å². The summed E-state index contributed by atoms with van der Waals surface area (Å²) in [6.45, 7) is 0.0168. The van der Waals surface area contributed by atoms with Crippen LogP contribution < -0.4 is 9.47 Å². The lowest BCUT2D eigenvalue weighted by Gasteiger charge is -2.09. The first-order chi connectivity index (χ1) is 13.1. The minimum Gasteiger partial charge on any atom is -0.508 e. The minimum absolute atomic E-state index is 0.0840. The summed E-state index contributed by atoms with van der Waals surface area (Å²) in [7, 11) is 0. The smallest absolute Gasteiger partial charge is 0.344 e. The molecule has 27 heavy (non-hydrogen) atoms. The molecule has 2 aromatic carbocycles. The van der Waals surface area contributed by atoms with Crippen LogP contribution >= 0.6 is 23.4 Å². The van der Waals surface area contributed by atoms with Crippen molar-refractivity contribution in [1.29, 1.82) is 0 Å². The molecule has 2 aliphatic rings. The molecule has 2 aliphatic heterocycles. The largest absolute Gasteiger partial charge is 0.508 e. The number of hydrogen-bond acceptors (Lipinski definition) is 7. The Bertz CT molecular complexity index is 958. The van der Waals surface area contributed by atoms with Crippen molar-refractivity contribution in [3.8, 4) is 11.5 Å². The highest BCUT2D eigenvalue weighted by molar-refractivity contribution is 8.13. The first-order valence-electron chi connectivity index (χ1n) is 8.06. The van der Waals surface area contributed by atoms with Crippen molar-refractivity contribution in [2.75, 3.05) is 13.4 Å². The third kappa shape index (κ3) is 3.74. The number of carbonyl (C=O) groups is 1. The molecule has 0 radical (unpaired) electrons. The summed E-state index contributed by atoms with van der Waals surface area (Å²) in [4.78, 5) is 16.6. The molecule has 0 spiro atoms. The van der Waals surface area contributed by atoms with Crippen LogP contribution in [0.4, 0.5) is 5.69 Å². The summed E-state index contributed by atoms with van der Waals surface area (Å²) in [5.74, 6) is 0.932. The van der Waals surface area contributed by atoms with Crippen LogP contribution in [0.1, 0.15) is 5.56 Å². The van der Waals surface area contributed by atoms with Gasteiger partial charge >= 0.3 is 5.97 Å². The Morgan fingerprint density at radius 3 is 2.59 bits per heavy atom. The predicted octanol–water partition coefficient (Wildman–Crippen LogP) is 4.40. The first kappa shape index (κ1) is 17.8. The quantitative estimate of drug-likeness (QED) is 0.463. The fourth-order valence-electron chi connectivity index (χ4n) is 2.60. The Labute approximate surface area is 164 Å². The number of hydrogen-bond donors (Lipinski definition) is 1. The highest BCUT2D eigenvalue weighted by Gasteiger charge is 2.30. The normalized spacial score (nSPS) is 16.0. The number of ether oxygens (including phenoxy) is 3. The molecule has 6 nitrogen and oxygen atoms in total. The lowest BCUT2D eigenvalue weighted by Crippen LogP contribution is -2.08. The zero-order chi connectivity index (χ0) is 18.8. The minimum atomic E-state index is -0.591. The molecule has 1 N–H and O–H groups in total. The number of fused-ring (bicyclic) bond motifs is 1. The number of para-hydroxylation sites is 1. The molecule has 0 aromatic heterocycles. The van der Waals surface area contributed by atoms with E-state index in [9.17, 15) is 9.90 Å². The van der Waals surface area contributed by atoms with E-state index < -0.39 is 5.97 Å². The van der Waals surface area contributed by atoms with Crippen LogP contribution in [0.2, 0.25) is 5.02 Å². The summed E-state index contributed by atoms with van der Waals surface area (Å²) in [6.07, 6.45) is 0. The number of halogens is 1. The van der Waals surface area contributed by atoms with Gasteiger partial charge in [-0.05, 0) is 23.8 Å². The van der Waals surface area contributed by atoms with Crippen LogP contribution in [0, 0.1) is 0 Å². The van der Waals surface area contributed by atoms with Gasteiger partial charge in [0.05, 0.1) is 5.69 Å². The number of aliphatic hydroxyl groups excluding tert-OH is 1. The summed E-state index contributed by atoms with van der Waals surface area (Å²) in [5.41, 5.74) is 1.55. The van der Waals surface area contributed by atoms with E-state index in [-0.39, 0.29) is 24.7 Å². The van der Waals surface area contributed by atoms with Crippen molar-refractivity contribution in [3.05, 3.63) is 64.4 Å². The highest BCUT2D eigenvalue weighted by atomic mass is 35.5. The van der Waals surface area contributed by atoms with Crippen LogP contribution in [0.3, 0.4) is 0 Å². The number of cyclic esters (lactones) is 1. The molecular formula is C19H14ClNO5S. The van der Waals surface area contributed by atoms with Gasteiger partial charge in [0.1, 0.15) is 23.0 Å². The van der Waals surface area contributed by atoms with Crippen molar-refractivity contribution >= 4 is 40.1 Å². The van der Waals surface area contributed by atoms with Gasteiger partial charge in [-0.25, -0.2) is 9.79 Å². The number of thioether (sulfide) groups is 1. The Morgan fingerprint density at radius 1 is 1.15 bits per heavy atom. The van der Waals surface area contributed by atoms with Crippen LogP contribution in [0.15, 0.2) is 58.8 Å². The first-order valence-corrected chi connectivity index (χ1v) is 9.42. The number of rotatable bonds is 4. The van der Waals surface area contributed by atoms with Crippen molar-refractivity contribution in [2.45, 2.75) is 5.75 Å². The van der Waals surface area contributed by atoms with Crippen molar-refractivity contribution in [2.24, 2.45) is 4.99 Å². The Balaban J connectivity index is 1.64. The number of aliphatic hydroxyl groups is 1. The Kier molecular flexibility index (Phi) is 4.96. The van der Waals surface area contributed by atoms with Crippen LogP contribution in [-0.2, 0) is 15.3 Å². The Hall–Kier alpha value is -2.64. The van der Waals surface area contributed by atoms with Gasteiger partial charge in [-0.15, -0.1) is 11.8 Å². The topological polar surface area (TPSA) is 77.4 Å². The number of aliphatic imine (C=N–C) groups is 1. The second-order valence-corrected chi connectivity index (χ2v) is 7.11. The van der Waals surface area contributed by atoms with Gasteiger partial charge in [-0.3, -0.25) is 0 Å². The molecule has 0 unspecified atom stereocenters. The van der Waals surface area contributed by atoms with Gasteiger partial charge in [0.2, 0.25) is 6.79 Å². The van der Waals surface area contributed by atoms with Crippen molar-refractivity contribution < 1.29 is 24.1 Å². The summed E-state index contributed by atoms with van der Waals surface area (Å²) in [6, 6.07) is 12.7. The molecule has 4 rings (SSSR count). The maximum absolute atomic E-state index is 12.1. The number of nitrogens with zero attached hydrogens (tertiary/aromatic N) is 1. The van der Waals surface area contributed by atoms with Gasteiger partial charge in [0.25, 0.3) is 0 Å². The molecule has 0 amide bonds. The molecule has 2 heterocycles. The van der Waals surface area contributed by atoms with Gasteiger partial charge in [0, 0.05) is 16.8 Å². The van der Waals surface area contributed by atoms with Gasteiger partial charge < -0.3 is 19.3 Å². The van der Waals surface area contributed by atoms with E-state index in [4.69, 9.17) is 25.8 Å². The molecule has 0 bridgehead atoms. The highest BCUT2D eigenvalue weighted by Crippen LogP contribution is 2.38. The lowest BCUT2D eigenvalue weighted by molar-refractivity contribution is -0.135.